The van der Waals surface area contributed by atoms with E-state index >= 15 is 0 Å². The third-order valence-corrected chi connectivity index (χ3v) is 6.44. The maximum Gasteiger partial charge on any atom is 0.415 e. The van der Waals surface area contributed by atoms with E-state index in [1.165, 1.54) is 0 Å². The molecule has 0 aliphatic carbocycles. The molecule has 4 heteroatoms. The fraction of sp³-hybridized carbons (Fsp3) is 0. The molecule has 28 heavy (non-hydrogen) atoms. The van der Waals surface area contributed by atoms with E-state index in [9.17, 15) is 4.57 Å². The molecule has 0 amide bonds. The van der Waals surface area contributed by atoms with E-state index in [2.05, 4.69) is 9.97 Å². The van der Waals surface area contributed by atoms with Crippen LogP contribution in [0.4, 0.5) is 0 Å². The van der Waals surface area contributed by atoms with Gasteiger partial charge in [-0.1, -0.05) is 34.9 Å². The third-order valence-electron chi connectivity index (χ3n) is 4.85. The monoisotopic (exact) mass is 379 g/mol. The summed E-state index contributed by atoms with van der Waals surface area (Å²) in [5, 5.41) is 4.84. The smallest absolute Gasteiger partial charge is 0.237 e. The highest BCUT2D eigenvalue weighted by atomic mass is 31.1. The van der Waals surface area contributed by atoms with Gasteiger partial charge in [-0.25, -0.2) is 9.97 Å². The van der Waals surface area contributed by atoms with Gasteiger partial charge >= 0.3 is 7.80 Å². The second-order valence-corrected chi connectivity index (χ2v) is 8.17. The lowest BCUT2D eigenvalue weighted by Gasteiger charge is -2.02. The number of fused-ring (bicyclic) bond motifs is 2. The maximum absolute atomic E-state index is 13.2. The fourth-order valence-electron chi connectivity index (χ4n) is 3.41. The van der Waals surface area contributed by atoms with Crippen molar-refractivity contribution in [2.24, 2.45) is 0 Å². The lowest BCUT2D eigenvalue weighted by atomic mass is 10.1. The summed E-state index contributed by atoms with van der Waals surface area (Å²) in [6.07, 6.45) is 1.75. The van der Waals surface area contributed by atoms with E-state index in [1.807, 2.05) is 91.0 Å². The molecular formula is C24H16N2OP+. The lowest BCUT2D eigenvalue weighted by Crippen LogP contribution is -2.07. The van der Waals surface area contributed by atoms with E-state index in [0.29, 0.717) is 0 Å². The van der Waals surface area contributed by atoms with Gasteiger partial charge in [0.05, 0.1) is 5.69 Å². The van der Waals surface area contributed by atoms with Crippen LogP contribution in [0.15, 0.2) is 97.2 Å². The molecule has 132 valence electrons. The molecule has 0 aliphatic heterocycles. The zero-order valence-corrected chi connectivity index (χ0v) is 15.9. The van der Waals surface area contributed by atoms with Gasteiger partial charge in [-0.15, -0.1) is 0 Å². The van der Waals surface area contributed by atoms with Crippen molar-refractivity contribution in [3.63, 3.8) is 0 Å². The summed E-state index contributed by atoms with van der Waals surface area (Å²) in [7, 11) is -1.66. The zero-order valence-electron chi connectivity index (χ0n) is 15.0. The van der Waals surface area contributed by atoms with E-state index in [-0.39, 0.29) is 0 Å². The molecule has 2 aromatic heterocycles. The van der Waals surface area contributed by atoms with Gasteiger partial charge < -0.3 is 0 Å². The second kappa shape index (κ2) is 6.95. The van der Waals surface area contributed by atoms with Crippen molar-refractivity contribution in [3.8, 4) is 11.3 Å². The van der Waals surface area contributed by atoms with Crippen molar-refractivity contribution in [1.29, 1.82) is 0 Å². The highest BCUT2D eigenvalue weighted by molar-refractivity contribution is 7.62. The molecule has 0 spiro atoms. The summed E-state index contributed by atoms with van der Waals surface area (Å²) in [4.78, 5) is 8.96. The average Bonchev–Trinajstić information content (AvgIpc) is 2.78. The highest BCUT2D eigenvalue weighted by Gasteiger charge is 2.25. The van der Waals surface area contributed by atoms with E-state index < -0.39 is 7.80 Å². The first-order chi connectivity index (χ1) is 13.8. The number of nitrogens with zero attached hydrogens (tertiary/aromatic N) is 2. The van der Waals surface area contributed by atoms with Gasteiger partial charge in [-0.2, -0.15) is 0 Å². The van der Waals surface area contributed by atoms with Crippen molar-refractivity contribution in [1.82, 2.24) is 9.97 Å². The van der Waals surface area contributed by atoms with E-state index in [4.69, 9.17) is 0 Å². The van der Waals surface area contributed by atoms with Crippen molar-refractivity contribution in [3.05, 3.63) is 97.2 Å². The molecule has 3 aromatic carbocycles. The van der Waals surface area contributed by atoms with Crippen LogP contribution in [0.3, 0.4) is 0 Å². The first-order valence-corrected chi connectivity index (χ1v) is 10.3. The van der Waals surface area contributed by atoms with Gasteiger partial charge in [0.2, 0.25) is 5.30 Å². The molecule has 0 fully saturated rings. The molecule has 1 atom stereocenters. The quantitative estimate of drug-likeness (QED) is 0.403. The van der Waals surface area contributed by atoms with E-state index in [1.54, 1.807) is 6.20 Å². The number of rotatable bonds is 3. The number of benzene rings is 3. The number of hydrogen-bond acceptors (Lipinski definition) is 3. The minimum atomic E-state index is -1.66. The summed E-state index contributed by atoms with van der Waals surface area (Å²) in [6, 6.07) is 29.7. The van der Waals surface area contributed by atoms with Crippen molar-refractivity contribution >= 4 is 40.2 Å². The van der Waals surface area contributed by atoms with Crippen LogP contribution in [-0.4, -0.2) is 9.97 Å². The molecule has 0 radical (unpaired) electrons. The molecule has 0 saturated heterocycles. The third kappa shape index (κ3) is 2.96. The molecular weight excluding hydrogens is 363 g/mol. The molecule has 0 aliphatic rings. The Hall–Kier alpha value is -3.42. The largest absolute Gasteiger partial charge is 0.415 e. The zero-order chi connectivity index (χ0) is 18.9. The molecule has 5 rings (SSSR count). The standard InChI is InChI=1S/C24H16N2OP/c27-28(23-9-3-6-17-5-1-2-8-21(17)23)20-13-10-18(11-14-20)22-15-12-19-7-4-16-25-24(19)26-22/h1-16H/q+1. The Morgan fingerprint density at radius 1 is 0.679 bits per heavy atom. The Labute approximate surface area is 163 Å². The molecule has 0 N–H and O–H groups in total. The Bertz CT molecular complexity index is 1320. The van der Waals surface area contributed by atoms with Gasteiger partial charge in [0.25, 0.3) is 0 Å². The molecule has 3 nitrogen and oxygen atoms in total. The normalized spacial score (nSPS) is 11.6. The lowest BCUT2D eigenvalue weighted by molar-refractivity contribution is 0.598. The van der Waals surface area contributed by atoms with Crippen LogP contribution in [0.2, 0.25) is 0 Å². The summed E-state index contributed by atoms with van der Waals surface area (Å²) < 4.78 is 13.2. The summed E-state index contributed by atoms with van der Waals surface area (Å²) >= 11 is 0. The second-order valence-electron chi connectivity index (χ2n) is 6.59. The van der Waals surface area contributed by atoms with Gasteiger partial charge in [0.15, 0.2) is 11.0 Å². The van der Waals surface area contributed by atoms with Gasteiger partial charge in [0, 0.05) is 22.5 Å². The molecule has 2 heterocycles. The first kappa shape index (κ1) is 16.7. The minimum absolute atomic E-state index is 0.728. The number of pyridine rings is 2. The van der Waals surface area contributed by atoms with Crippen LogP contribution >= 0.6 is 7.80 Å². The summed E-state index contributed by atoms with van der Waals surface area (Å²) in [5.74, 6) is 0. The average molecular weight is 379 g/mol. The number of aromatic nitrogens is 2. The fourth-order valence-corrected chi connectivity index (χ4v) is 4.75. The van der Waals surface area contributed by atoms with Crippen molar-refractivity contribution in [2.75, 3.05) is 0 Å². The number of hydrogen-bond donors (Lipinski definition) is 0. The van der Waals surface area contributed by atoms with Gasteiger partial charge in [-0.05, 0) is 66.0 Å². The SMILES string of the molecule is O=[P+](c1ccc(-c2ccc3cccnc3n2)cc1)c1cccc2ccccc12. The van der Waals surface area contributed by atoms with E-state index in [0.717, 1.165) is 43.7 Å². The minimum Gasteiger partial charge on any atom is -0.237 e. The van der Waals surface area contributed by atoms with Gasteiger partial charge in [-0.3, -0.25) is 0 Å². The van der Waals surface area contributed by atoms with Crippen LogP contribution in [0.1, 0.15) is 0 Å². The summed E-state index contributed by atoms with van der Waals surface area (Å²) in [6.45, 7) is 0. The van der Waals surface area contributed by atoms with Crippen LogP contribution in [-0.2, 0) is 4.57 Å². The maximum atomic E-state index is 13.2. The molecule has 0 saturated carbocycles. The predicted octanol–water partition coefficient (Wildman–Crippen LogP) is 5.23. The van der Waals surface area contributed by atoms with Crippen molar-refractivity contribution in [2.45, 2.75) is 0 Å². The Kier molecular flexibility index (Phi) is 4.16. The molecule has 5 aromatic rings. The van der Waals surface area contributed by atoms with Gasteiger partial charge in [0.1, 0.15) is 0 Å². The Balaban J connectivity index is 1.51. The van der Waals surface area contributed by atoms with Crippen LogP contribution < -0.4 is 10.6 Å². The topological polar surface area (TPSA) is 42.9 Å². The van der Waals surface area contributed by atoms with Crippen molar-refractivity contribution < 1.29 is 4.57 Å². The van der Waals surface area contributed by atoms with Crippen LogP contribution in [0.5, 0.6) is 0 Å². The molecule has 1 unspecified atom stereocenters. The summed E-state index contributed by atoms with van der Waals surface area (Å²) in [5.41, 5.74) is 2.57. The first-order valence-electron chi connectivity index (χ1n) is 9.07. The van der Waals surface area contributed by atoms with Crippen LogP contribution in [0.25, 0.3) is 33.1 Å². The highest BCUT2D eigenvalue weighted by Crippen LogP contribution is 2.27. The van der Waals surface area contributed by atoms with Crippen LogP contribution in [0, 0.1) is 0 Å². The molecule has 0 bridgehead atoms. The Morgan fingerprint density at radius 2 is 1.46 bits per heavy atom. The predicted molar refractivity (Wildman–Crippen MR) is 116 cm³/mol. The Morgan fingerprint density at radius 3 is 2.36 bits per heavy atom.